The van der Waals surface area contributed by atoms with E-state index in [0.29, 0.717) is 34.1 Å². The number of anilines is 1. The van der Waals surface area contributed by atoms with E-state index in [0.717, 1.165) is 16.7 Å². The lowest BCUT2D eigenvalue weighted by Gasteiger charge is -2.26. The van der Waals surface area contributed by atoms with Crippen LogP contribution in [0.3, 0.4) is 0 Å². The topological polar surface area (TPSA) is 76.1 Å². The number of hydrogen-bond donors (Lipinski definition) is 1. The van der Waals surface area contributed by atoms with Crippen molar-refractivity contribution in [2.75, 3.05) is 12.0 Å². The van der Waals surface area contributed by atoms with Crippen LogP contribution in [-0.2, 0) is 9.59 Å². The number of hydrogen-bond acceptors (Lipinski definition) is 5. The van der Waals surface area contributed by atoms with Crippen molar-refractivity contribution in [3.8, 4) is 17.2 Å². The molecule has 0 saturated carbocycles. The molecule has 1 saturated heterocycles. The molecule has 1 aliphatic heterocycles. The molecular weight excluding hydrogens is 490 g/mol. The molecule has 4 aromatic rings. The van der Waals surface area contributed by atoms with Crippen molar-refractivity contribution >= 4 is 23.1 Å². The molecule has 0 aliphatic carbocycles. The van der Waals surface area contributed by atoms with E-state index in [1.807, 2.05) is 81.4 Å². The van der Waals surface area contributed by atoms with Gasteiger partial charge in [-0.05, 0) is 79.9 Å². The summed E-state index contributed by atoms with van der Waals surface area (Å²) in [4.78, 5) is 28.6. The molecule has 1 N–H and O–H groups in total. The Labute approximate surface area is 227 Å². The van der Waals surface area contributed by atoms with Crippen molar-refractivity contribution < 1.29 is 24.2 Å². The summed E-state index contributed by atoms with van der Waals surface area (Å²) in [7, 11) is 1.52. The molecule has 1 unspecified atom stereocenters. The Bertz CT molecular complexity index is 1590. The Hall–Kier alpha value is -4.84. The molecule has 1 fully saturated rings. The molecule has 1 aliphatic rings. The summed E-state index contributed by atoms with van der Waals surface area (Å²) >= 11 is 0. The number of ether oxygens (including phenoxy) is 2. The normalized spacial score (nSPS) is 16.4. The van der Waals surface area contributed by atoms with Crippen LogP contribution in [-0.4, -0.2) is 23.9 Å². The van der Waals surface area contributed by atoms with E-state index in [-0.39, 0.29) is 11.3 Å². The van der Waals surface area contributed by atoms with E-state index in [2.05, 4.69) is 0 Å². The van der Waals surface area contributed by atoms with Gasteiger partial charge in [0.1, 0.15) is 23.0 Å². The molecule has 1 atom stereocenters. The van der Waals surface area contributed by atoms with Gasteiger partial charge in [-0.15, -0.1) is 0 Å². The van der Waals surface area contributed by atoms with Crippen LogP contribution in [0.25, 0.3) is 5.76 Å². The number of methoxy groups -OCH3 is 1. The summed E-state index contributed by atoms with van der Waals surface area (Å²) in [6.07, 6.45) is 0. The lowest BCUT2D eigenvalue weighted by molar-refractivity contribution is -0.132. The number of aliphatic hydroxyl groups is 1. The van der Waals surface area contributed by atoms with Crippen LogP contribution in [0.4, 0.5) is 5.69 Å². The molecule has 5 rings (SSSR count). The van der Waals surface area contributed by atoms with Gasteiger partial charge in [0.2, 0.25) is 0 Å². The summed E-state index contributed by atoms with van der Waals surface area (Å²) in [6.45, 7) is 5.72. The number of aryl methyl sites for hydroxylation is 3. The summed E-state index contributed by atoms with van der Waals surface area (Å²) in [5.41, 5.74) is 4.23. The van der Waals surface area contributed by atoms with Crippen LogP contribution >= 0.6 is 0 Å². The van der Waals surface area contributed by atoms with E-state index < -0.39 is 17.7 Å². The molecule has 6 heteroatoms. The Morgan fingerprint density at radius 2 is 1.49 bits per heavy atom. The number of carbonyl (C=O) groups is 2. The predicted molar refractivity (Wildman–Crippen MR) is 151 cm³/mol. The third-order valence-electron chi connectivity index (χ3n) is 6.79. The highest BCUT2D eigenvalue weighted by molar-refractivity contribution is 6.51. The molecule has 0 aromatic heterocycles. The number of carbonyl (C=O) groups excluding carboxylic acids is 2. The van der Waals surface area contributed by atoms with E-state index >= 15 is 0 Å². The van der Waals surface area contributed by atoms with Crippen molar-refractivity contribution in [1.29, 1.82) is 0 Å². The van der Waals surface area contributed by atoms with Gasteiger partial charge in [-0.25, -0.2) is 0 Å². The molecule has 6 nitrogen and oxygen atoms in total. The number of ketones is 1. The smallest absolute Gasteiger partial charge is 0.300 e. The first kappa shape index (κ1) is 25.8. The number of aliphatic hydroxyl groups excluding tert-OH is 1. The quantitative estimate of drug-likeness (QED) is 0.168. The highest BCUT2D eigenvalue weighted by Crippen LogP contribution is 2.44. The highest BCUT2D eigenvalue weighted by atomic mass is 16.5. The van der Waals surface area contributed by atoms with E-state index in [4.69, 9.17) is 9.47 Å². The van der Waals surface area contributed by atoms with Crippen LogP contribution in [0.5, 0.6) is 17.2 Å². The number of nitrogens with zero attached hydrogens (tertiary/aromatic N) is 1. The zero-order chi connectivity index (χ0) is 27.7. The second kappa shape index (κ2) is 10.5. The highest BCUT2D eigenvalue weighted by Gasteiger charge is 2.47. The first-order chi connectivity index (χ1) is 18.8. The number of benzene rings is 4. The van der Waals surface area contributed by atoms with Crippen molar-refractivity contribution in [3.63, 3.8) is 0 Å². The van der Waals surface area contributed by atoms with Gasteiger partial charge in [0.15, 0.2) is 0 Å². The fourth-order valence-corrected chi connectivity index (χ4v) is 5.04. The number of para-hydroxylation sites is 1. The second-order valence-corrected chi connectivity index (χ2v) is 9.65. The maximum atomic E-state index is 13.6. The zero-order valence-electron chi connectivity index (χ0n) is 22.3. The molecule has 196 valence electrons. The predicted octanol–water partition coefficient (Wildman–Crippen LogP) is 7.04. The average Bonchev–Trinajstić information content (AvgIpc) is 3.19. The van der Waals surface area contributed by atoms with Gasteiger partial charge >= 0.3 is 0 Å². The maximum Gasteiger partial charge on any atom is 0.300 e. The molecule has 39 heavy (non-hydrogen) atoms. The Kier molecular flexibility index (Phi) is 6.94. The first-order valence-corrected chi connectivity index (χ1v) is 12.6. The van der Waals surface area contributed by atoms with Gasteiger partial charge in [-0.3, -0.25) is 14.5 Å². The van der Waals surface area contributed by atoms with Gasteiger partial charge < -0.3 is 14.6 Å². The minimum Gasteiger partial charge on any atom is -0.507 e. The molecule has 4 aromatic carbocycles. The molecular formula is C33H29NO5. The third-order valence-corrected chi connectivity index (χ3v) is 6.79. The Morgan fingerprint density at radius 3 is 2.18 bits per heavy atom. The molecule has 1 amide bonds. The maximum absolute atomic E-state index is 13.6. The van der Waals surface area contributed by atoms with Crippen LogP contribution < -0.4 is 14.4 Å². The third kappa shape index (κ3) is 4.89. The number of Topliss-reactive ketones (excluding diaryl/α,β-unsaturated/α-hetero) is 1. The van der Waals surface area contributed by atoms with Crippen LogP contribution in [0, 0.1) is 20.8 Å². The standard InChI is InChI=1S/C33H29NO5/c1-20-13-15-24(16-14-20)34-29(23-9-8-12-26(19-23)39-25-10-6-5-7-11-25)28(31(36)33(34)37)30(35)27-18-21(2)17-22(3)32(27)38-4/h5-19,29,35H,1-4H3/b30-28+. The second-order valence-electron chi connectivity index (χ2n) is 9.65. The largest absolute Gasteiger partial charge is 0.507 e. The van der Waals surface area contributed by atoms with Crippen molar-refractivity contribution in [2.45, 2.75) is 26.8 Å². The monoisotopic (exact) mass is 519 g/mol. The van der Waals surface area contributed by atoms with E-state index in [1.165, 1.54) is 12.0 Å². The van der Waals surface area contributed by atoms with Gasteiger partial charge in [-0.1, -0.05) is 54.1 Å². The molecule has 1 heterocycles. The fourth-order valence-electron chi connectivity index (χ4n) is 5.04. The van der Waals surface area contributed by atoms with Crippen LogP contribution in [0.1, 0.15) is 33.9 Å². The Morgan fingerprint density at radius 1 is 0.795 bits per heavy atom. The van der Waals surface area contributed by atoms with Crippen LogP contribution in [0.15, 0.2) is 96.6 Å². The van der Waals surface area contributed by atoms with Crippen LogP contribution in [0.2, 0.25) is 0 Å². The minimum absolute atomic E-state index is 0.0132. The minimum atomic E-state index is -0.891. The van der Waals surface area contributed by atoms with Gasteiger partial charge in [0.25, 0.3) is 11.7 Å². The zero-order valence-corrected chi connectivity index (χ0v) is 22.3. The fraction of sp³-hybridized carbons (Fsp3) is 0.152. The molecule has 0 radical (unpaired) electrons. The summed E-state index contributed by atoms with van der Waals surface area (Å²) in [6, 6.07) is 26.7. The van der Waals surface area contributed by atoms with Crippen molar-refractivity contribution in [1.82, 2.24) is 0 Å². The summed E-state index contributed by atoms with van der Waals surface area (Å²) in [5, 5.41) is 11.7. The lowest BCUT2D eigenvalue weighted by atomic mass is 9.93. The Balaban J connectivity index is 1.72. The molecule has 0 bridgehead atoms. The number of amides is 1. The average molecular weight is 520 g/mol. The van der Waals surface area contributed by atoms with Gasteiger partial charge in [-0.2, -0.15) is 0 Å². The lowest BCUT2D eigenvalue weighted by Crippen LogP contribution is -2.29. The summed E-state index contributed by atoms with van der Waals surface area (Å²) < 4.78 is 11.7. The van der Waals surface area contributed by atoms with Crippen molar-refractivity contribution in [3.05, 3.63) is 124 Å². The first-order valence-electron chi connectivity index (χ1n) is 12.6. The SMILES string of the molecule is COc1c(C)cc(C)cc1/C(O)=C1\C(=O)C(=O)N(c2ccc(C)cc2)C1c1cccc(Oc2ccccc2)c1. The number of rotatable bonds is 6. The molecule has 0 spiro atoms. The summed E-state index contributed by atoms with van der Waals surface area (Å²) in [5.74, 6) is -0.137. The van der Waals surface area contributed by atoms with Gasteiger partial charge in [0, 0.05) is 5.69 Å². The van der Waals surface area contributed by atoms with Gasteiger partial charge in [0.05, 0.1) is 24.3 Å². The van der Waals surface area contributed by atoms with E-state index in [9.17, 15) is 14.7 Å². The van der Waals surface area contributed by atoms with E-state index in [1.54, 1.807) is 30.3 Å². The van der Waals surface area contributed by atoms with Crippen molar-refractivity contribution in [2.24, 2.45) is 0 Å².